The first kappa shape index (κ1) is 17.2. The molecule has 1 aliphatic rings. The van der Waals surface area contributed by atoms with Gasteiger partial charge in [0.05, 0.1) is 19.3 Å². The van der Waals surface area contributed by atoms with Gasteiger partial charge in [0.15, 0.2) is 0 Å². The number of carbonyl (C=O) groups is 1. The lowest BCUT2D eigenvalue weighted by atomic mass is 10.0. The normalized spacial score (nSPS) is 18.2. The summed E-state index contributed by atoms with van der Waals surface area (Å²) >= 11 is 0. The van der Waals surface area contributed by atoms with Crippen molar-refractivity contribution in [2.75, 3.05) is 19.8 Å². The van der Waals surface area contributed by atoms with E-state index in [0.29, 0.717) is 19.6 Å². The Bertz CT molecular complexity index is 720. The van der Waals surface area contributed by atoms with Gasteiger partial charge in [0.25, 0.3) is 0 Å². The molecule has 1 saturated heterocycles. The predicted molar refractivity (Wildman–Crippen MR) is 76.8 cm³/mol. The number of hydrogen-bond donors (Lipinski definition) is 0. The number of halogens is 3. The lowest BCUT2D eigenvalue weighted by molar-refractivity contribution is -0.159. The summed E-state index contributed by atoms with van der Waals surface area (Å²) in [6.45, 7) is 0.852. The van der Waals surface area contributed by atoms with E-state index in [0.717, 1.165) is 5.56 Å². The van der Waals surface area contributed by atoms with Crippen molar-refractivity contribution in [2.45, 2.75) is 18.6 Å². The molecule has 1 amide bonds. The number of alkyl halides is 3. The molecule has 3 rings (SSSR count). The molecule has 25 heavy (non-hydrogen) atoms. The maximum Gasteiger partial charge on any atom is 0.471 e. The van der Waals surface area contributed by atoms with E-state index in [2.05, 4.69) is 14.7 Å². The molecule has 0 spiro atoms. The first-order valence-electron chi connectivity index (χ1n) is 7.44. The Morgan fingerprint density at radius 3 is 2.76 bits per heavy atom. The molecule has 1 aliphatic heterocycles. The molecule has 1 fully saturated rings. The van der Waals surface area contributed by atoms with Gasteiger partial charge in [-0.05, 0) is 17.1 Å². The molecule has 1 aromatic heterocycles. The molecule has 1 atom stereocenters. The summed E-state index contributed by atoms with van der Waals surface area (Å²) in [5.41, 5.74) is 0.995. The van der Waals surface area contributed by atoms with E-state index in [9.17, 15) is 18.0 Å². The van der Waals surface area contributed by atoms with Crippen LogP contribution in [0.4, 0.5) is 18.0 Å². The number of hydrogen-bond acceptors (Lipinski definition) is 6. The van der Waals surface area contributed by atoms with Crippen LogP contribution < -0.4 is 4.74 Å². The third kappa shape index (κ3) is 4.27. The van der Waals surface area contributed by atoms with Gasteiger partial charge in [-0.25, -0.2) is 4.79 Å². The summed E-state index contributed by atoms with van der Waals surface area (Å²) in [4.78, 5) is 16.7. The van der Waals surface area contributed by atoms with Gasteiger partial charge in [-0.3, -0.25) is 4.90 Å². The summed E-state index contributed by atoms with van der Waals surface area (Å²) < 4.78 is 51.5. The standard InChI is InChI=1S/C15H14F3N3O4/c16-15(17,18)12-19-13(20-25-12)24-14(22)21-6-7-23-9-11(21)8-10-4-2-1-3-5-10/h1-5,11H,6-9H2. The van der Waals surface area contributed by atoms with Gasteiger partial charge in [-0.15, -0.1) is 4.98 Å². The molecule has 0 saturated carbocycles. The smallest absolute Gasteiger partial charge is 0.377 e. The zero-order valence-electron chi connectivity index (χ0n) is 12.9. The molecular weight excluding hydrogens is 343 g/mol. The zero-order chi connectivity index (χ0) is 17.9. The molecule has 7 nitrogen and oxygen atoms in total. The number of ether oxygens (including phenoxy) is 2. The van der Waals surface area contributed by atoms with Crippen molar-refractivity contribution in [3.8, 4) is 6.01 Å². The van der Waals surface area contributed by atoms with Crippen LogP contribution in [0.3, 0.4) is 0 Å². The Morgan fingerprint density at radius 2 is 2.08 bits per heavy atom. The highest BCUT2D eigenvalue weighted by Crippen LogP contribution is 2.28. The van der Waals surface area contributed by atoms with E-state index < -0.39 is 24.2 Å². The van der Waals surface area contributed by atoms with Gasteiger partial charge in [0, 0.05) is 6.54 Å². The molecule has 0 aliphatic carbocycles. The molecule has 0 bridgehead atoms. The Morgan fingerprint density at radius 1 is 1.32 bits per heavy atom. The highest BCUT2D eigenvalue weighted by Gasteiger charge is 2.39. The number of benzene rings is 1. The molecule has 1 aromatic carbocycles. The molecule has 0 N–H and O–H groups in total. The molecular formula is C15H14F3N3O4. The average Bonchev–Trinajstić information content (AvgIpc) is 3.05. The van der Waals surface area contributed by atoms with Crippen LogP contribution in [0.1, 0.15) is 11.5 Å². The van der Waals surface area contributed by atoms with Crippen molar-refractivity contribution >= 4 is 6.09 Å². The first-order valence-corrected chi connectivity index (χ1v) is 7.44. The van der Waals surface area contributed by atoms with Crippen molar-refractivity contribution in [1.82, 2.24) is 15.0 Å². The fraction of sp³-hybridized carbons (Fsp3) is 0.400. The molecule has 2 aromatic rings. The van der Waals surface area contributed by atoms with Crippen LogP contribution in [-0.4, -0.2) is 46.9 Å². The van der Waals surface area contributed by atoms with Crippen LogP contribution in [-0.2, 0) is 17.3 Å². The Kier molecular flexibility index (Phi) is 4.88. The summed E-state index contributed by atoms with van der Waals surface area (Å²) in [6.07, 6.45) is -5.12. The minimum absolute atomic E-state index is 0.250. The number of amides is 1. The number of nitrogens with zero attached hydrogens (tertiary/aromatic N) is 3. The van der Waals surface area contributed by atoms with Crippen LogP contribution in [0.2, 0.25) is 0 Å². The molecule has 134 valence electrons. The van der Waals surface area contributed by atoms with E-state index >= 15 is 0 Å². The van der Waals surface area contributed by atoms with E-state index in [1.165, 1.54) is 4.90 Å². The Labute approximate surface area is 140 Å². The monoisotopic (exact) mass is 357 g/mol. The van der Waals surface area contributed by atoms with Crippen molar-refractivity contribution < 1.29 is 32.0 Å². The number of rotatable bonds is 3. The van der Waals surface area contributed by atoms with Crippen LogP contribution >= 0.6 is 0 Å². The number of aromatic nitrogens is 2. The minimum Gasteiger partial charge on any atom is -0.377 e. The van der Waals surface area contributed by atoms with Gasteiger partial charge in [-0.2, -0.15) is 13.2 Å². The van der Waals surface area contributed by atoms with Crippen LogP contribution in [0.25, 0.3) is 0 Å². The second-order valence-corrected chi connectivity index (χ2v) is 5.36. The van der Waals surface area contributed by atoms with E-state index in [1.54, 1.807) is 0 Å². The van der Waals surface area contributed by atoms with Crippen LogP contribution in [0, 0.1) is 0 Å². The summed E-state index contributed by atoms with van der Waals surface area (Å²) in [6, 6.07) is 8.36. The third-order valence-corrected chi connectivity index (χ3v) is 3.60. The van der Waals surface area contributed by atoms with Crippen molar-refractivity contribution in [3.63, 3.8) is 0 Å². The maximum atomic E-state index is 12.4. The first-order chi connectivity index (χ1) is 11.9. The van der Waals surface area contributed by atoms with Crippen LogP contribution in [0.5, 0.6) is 6.01 Å². The summed E-state index contributed by atoms with van der Waals surface area (Å²) in [5, 5.41) is 3.02. The van der Waals surface area contributed by atoms with Gasteiger partial charge in [-0.1, -0.05) is 30.3 Å². The zero-order valence-corrected chi connectivity index (χ0v) is 12.9. The molecule has 10 heteroatoms. The minimum atomic E-state index is -4.80. The highest BCUT2D eigenvalue weighted by atomic mass is 19.4. The van der Waals surface area contributed by atoms with Crippen molar-refractivity contribution in [1.29, 1.82) is 0 Å². The van der Waals surface area contributed by atoms with Crippen LogP contribution in [0.15, 0.2) is 34.9 Å². The fourth-order valence-corrected chi connectivity index (χ4v) is 2.45. The third-order valence-electron chi connectivity index (χ3n) is 3.60. The molecule has 1 unspecified atom stereocenters. The topological polar surface area (TPSA) is 77.7 Å². The van der Waals surface area contributed by atoms with Crippen molar-refractivity contribution in [3.05, 3.63) is 41.8 Å². The maximum absolute atomic E-state index is 12.4. The number of morpholine rings is 1. The summed E-state index contributed by atoms with van der Waals surface area (Å²) in [5.74, 6) is -1.57. The van der Waals surface area contributed by atoms with E-state index in [1.807, 2.05) is 30.3 Å². The second kappa shape index (κ2) is 7.09. The summed E-state index contributed by atoms with van der Waals surface area (Å²) in [7, 11) is 0. The van der Waals surface area contributed by atoms with Gasteiger partial charge >= 0.3 is 24.2 Å². The Hall–Kier alpha value is -2.62. The van der Waals surface area contributed by atoms with Crippen molar-refractivity contribution in [2.24, 2.45) is 0 Å². The molecule has 0 radical (unpaired) electrons. The predicted octanol–water partition coefficient (Wildman–Crippen LogP) is 2.53. The van der Waals surface area contributed by atoms with Gasteiger partial charge < -0.3 is 14.0 Å². The van der Waals surface area contributed by atoms with Gasteiger partial charge in [0.2, 0.25) is 0 Å². The lowest BCUT2D eigenvalue weighted by Crippen LogP contribution is -2.50. The van der Waals surface area contributed by atoms with E-state index in [-0.39, 0.29) is 12.6 Å². The SMILES string of the molecule is O=C(Oc1noc(C(F)(F)F)n1)N1CCOCC1Cc1ccccc1. The quantitative estimate of drug-likeness (QED) is 0.840. The molecule has 2 heterocycles. The highest BCUT2D eigenvalue weighted by molar-refractivity contribution is 5.70. The Balaban J connectivity index is 1.67. The number of carbonyl (C=O) groups excluding carboxylic acids is 1. The average molecular weight is 357 g/mol. The lowest BCUT2D eigenvalue weighted by Gasteiger charge is -2.34. The van der Waals surface area contributed by atoms with E-state index in [4.69, 9.17) is 9.47 Å². The second-order valence-electron chi connectivity index (χ2n) is 5.36. The fourth-order valence-electron chi connectivity index (χ4n) is 2.45. The largest absolute Gasteiger partial charge is 0.471 e. The van der Waals surface area contributed by atoms with Gasteiger partial charge in [0.1, 0.15) is 0 Å².